The van der Waals surface area contributed by atoms with Gasteiger partial charge in [-0.15, -0.1) is 10.2 Å². The summed E-state index contributed by atoms with van der Waals surface area (Å²) in [6.07, 6.45) is -1.14. The average molecular weight is 481 g/mol. The summed E-state index contributed by atoms with van der Waals surface area (Å²) in [5, 5.41) is 14.6. The number of nitrogens with one attached hydrogen (secondary N) is 1. The Labute approximate surface area is 195 Å². The summed E-state index contributed by atoms with van der Waals surface area (Å²) in [7, 11) is 1.37. The highest BCUT2D eigenvalue weighted by Crippen LogP contribution is 2.34. The molecular weight excluding hydrogens is 456 g/mol. The summed E-state index contributed by atoms with van der Waals surface area (Å²) in [6.45, 7) is -4.18. The maximum Gasteiger partial charge on any atom is 0.280 e. The molecule has 1 saturated heterocycles. The maximum atomic E-state index is 14.8. The Kier molecular flexibility index (Phi) is 4.66. The fourth-order valence-electron chi connectivity index (χ4n) is 4.10. The Bertz CT molecular complexity index is 1440. The monoisotopic (exact) mass is 481 g/mol. The van der Waals surface area contributed by atoms with Crippen molar-refractivity contribution in [3.8, 4) is 17.0 Å². The molecule has 34 heavy (non-hydrogen) atoms. The third-order valence-electron chi connectivity index (χ3n) is 5.71. The Hall–Kier alpha value is -3.48. The molecule has 3 aromatic heterocycles. The molecule has 4 heterocycles. The lowest BCUT2D eigenvalue weighted by molar-refractivity contribution is -0.0675. The molecule has 1 unspecified atom stereocenters. The maximum absolute atomic E-state index is 14.8. The Morgan fingerprint density at radius 1 is 1.32 bits per heavy atom. The normalized spacial score (nSPS) is 20.4. The largest absolute Gasteiger partial charge is 0.479 e. The summed E-state index contributed by atoms with van der Waals surface area (Å²) in [5.74, 6) is -3.36. The molecule has 0 saturated carbocycles. The zero-order valence-corrected chi connectivity index (χ0v) is 17.9. The lowest BCUT2D eigenvalue weighted by Crippen LogP contribution is -2.53. The van der Waals surface area contributed by atoms with Gasteiger partial charge in [0.2, 0.25) is 11.8 Å². The Balaban J connectivity index is 1.47. The van der Waals surface area contributed by atoms with Crippen molar-refractivity contribution >= 4 is 22.5 Å². The summed E-state index contributed by atoms with van der Waals surface area (Å²) >= 11 is 0. The van der Waals surface area contributed by atoms with E-state index in [1.165, 1.54) is 11.6 Å². The number of nitrogens with zero attached hydrogens (tertiary/aromatic N) is 7. The van der Waals surface area contributed by atoms with E-state index >= 15 is 0 Å². The molecule has 0 bridgehead atoms. The number of aromatic nitrogens is 6. The van der Waals surface area contributed by atoms with E-state index in [0.717, 1.165) is 9.58 Å². The molecule has 5 rings (SSSR count). The molecule has 1 N–H and O–H groups in total. The van der Waals surface area contributed by atoms with Crippen molar-refractivity contribution in [1.29, 1.82) is 0 Å². The first-order valence-electron chi connectivity index (χ1n) is 11.9. The number of alkyl halides is 4. The quantitative estimate of drug-likeness (QED) is 0.424. The molecule has 4 aromatic rings. The van der Waals surface area contributed by atoms with Gasteiger partial charge >= 0.3 is 0 Å². The van der Waals surface area contributed by atoms with E-state index in [1.54, 1.807) is 30.5 Å². The van der Waals surface area contributed by atoms with Crippen LogP contribution in [0.25, 0.3) is 27.7 Å². The molecule has 0 spiro atoms. The Morgan fingerprint density at radius 2 is 2.18 bits per heavy atom. The fourth-order valence-corrected chi connectivity index (χ4v) is 4.10. The minimum atomic E-state index is -3.34. The molecule has 1 atom stereocenters. The van der Waals surface area contributed by atoms with Crippen LogP contribution in [0.4, 0.5) is 23.5 Å². The number of likely N-dealkylation sites (tertiary alicyclic amines) is 1. The molecule has 0 aliphatic carbocycles. The number of ether oxygens (including phenoxy) is 1. The summed E-state index contributed by atoms with van der Waals surface area (Å²) < 4.78 is 85.6. The van der Waals surface area contributed by atoms with Crippen molar-refractivity contribution in [2.75, 3.05) is 32.5 Å². The van der Waals surface area contributed by atoms with E-state index in [9.17, 15) is 17.6 Å². The van der Waals surface area contributed by atoms with Gasteiger partial charge in [-0.05, 0) is 37.2 Å². The van der Waals surface area contributed by atoms with E-state index in [-0.39, 0.29) is 24.8 Å². The lowest BCUT2D eigenvalue weighted by Gasteiger charge is -2.36. The van der Waals surface area contributed by atoms with E-state index in [4.69, 9.17) is 8.85 Å². The minimum Gasteiger partial charge on any atom is -0.479 e. The fraction of sp³-hybridized carbons (Fsp3) is 0.429. The van der Waals surface area contributed by atoms with Crippen LogP contribution in [0.2, 0.25) is 0 Å². The van der Waals surface area contributed by atoms with Gasteiger partial charge in [0.05, 0.1) is 25.2 Å². The number of halogens is 4. The smallest absolute Gasteiger partial charge is 0.280 e. The number of hydrogen-bond acceptors (Lipinski definition) is 7. The van der Waals surface area contributed by atoms with Crippen molar-refractivity contribution in [2.45, 2.75) is 31.4 Å². The second kappa shape index (κ2) is 8.38. The number of fused-ring (bicyclic) bond motifs is 2. The standard InChI is InChI=1S/C21H22F4N8O/c1-31-7-6-16(21(24,25)11-31)26-20-27-19(34-2)18-13(5-8-32(18)29-20)12-3-4-14-15(9-12)33(30-28-14)10-17(22)23/h3-5,8-9,16-17H,6-7,10-11H2,1-2H3,(H,26,29)/i1D3. The van der Waals surface area contributed by atoms with Crippen LogP contribution in [0.15, 0.2) is 30.5 Å². The second-order valence-corrected chi connectivity index (χ2v) is 8.00. The minimum absolute atomic E-state index is 0.0454. The van der Waals surface area contributed by atoms with E-state index in [2.05, 4.69) is 25.7 Å². The van der Waals surface area contributed by atoms with Gasteiger partial charge in [0.25, 0.3) is 12.3 Å². The van der Waals surface area contributed by atoms with Crippen molar-refractivity contribution < 1.29 is 26.4 Å². The molecule has 1 aromatic carbocycles. The zero-order chi connectivity index (χ0) is 26.5. The van der Waals surface area contributed by atoms with Crippen LogP contribution >= 0.6 is 0 Å². The number of hydrogen-bond donors (Lipinski definition) is 1. The van der Waals surface area contributed by atoms with Crippen LogP contribution in [-0.2, 0) is 6.54 Å². The third-order valence-corrected chi connectivity index (χ3v) is 5.71. The van der Waals surface area contributed by atoms with Gasteiger partial charge in [0.1, 0.15) is 17.6 Å². The predicted octanol–water partition coefficient (Wildman–Crippen LogP) is 3.17. The van der Waals surface area contributed by atoms with Crippen molar-refractivity contribution in [3.63, 3.8) is 0 Å². The van der Waals surface area contributed by atoms with Gasteiger partial charge in [0.15, 0.2) is 0 Å². The number of rotatable bonds is 6. The Morgan fingerprint density at radius 3 is 2.91 bits per heavy atom. The van der Waals surface area contributed by atoms with E-state index in [1.807, 2.05) is 0 Å². The first kappa shape index (κ1) is 18.9. The highest BCUT2D eigenvalue weighted by atomic mass is 19.3. The van der Waals surface area contributed by atoms with Crippen LogP contribution in [0.3, 0.4) is 0 Å². The van der Waals surface area contributed by atoms with Gasteiger partial charge in [-0.2, -0.15) is 4.98 Å². The molecule has 1 aliphatic heterocycles. The zero-order valence-electron chi connectivity index (χ0n) is 20.9. The molecule has 9 nitrogen and oxygen atoms in total. The number of methoxy groups -OCH3 is 1. The van der Waals surface area contributed by atoms with Crippen LogP contribution in [0.1, 0.15) is 10.5 Å². The van der Waals surface area contributed by atoms with Gasteiger partial charge in [-0.3, -0.25) is 0 Å². The van der Waals surface area contributed by atoms with E-state index < -0.39 is 38.5 Å². The topological polar surface area (TPSA) is 85.4 Å². The van der Waals surface area contributed by atoms with Crippen molar-refractivity contribution in [1.82, 2.24) is 34.5 Å². The van der Waals surface area contributed by atoms with Crippen molar-refractivity contribution in [2.24, 2.45) is 0 Å². The van der Waals surface area contributed by atoms with Crippen LogP contribution < -0.4 is 10.1 Å². The lowest BCUT2D eigenvalue weighted by atomic mass is 10.0. The molecule has 180 valence electrons. The second-order valence-electron chi connectivity index (χ2n) is 8.00. The van der Waals surface area contributed by atoms with Gasteiger partial charge in [-0.1, -0.05) is 11.3 Å². The third kappa shape index (κ3) is 4.00. The number of piperidine rings is 1. The molecule has 0 radical (unpaired) electrons. The number of anilines is 1. The van der Waals surface area contributed by atoms with Crippen LogP contribution in [0.5, 0.6) is 5.88 Å². The molecular formula is C21H22F4N8O. The van der Waals surface area contributed by atoms with Gasteiger partial charge in [-0.25, -0.2) is 26.8 Å². The van der Waals surface area contributed by atoms with Gasteiger partial charge < -0.3 is 15.0 Å². The summed E-state index contributed by atoms with van der Waals surface area (Å²) in [5.41, 5.74) is 2.56. The average Bonchev–Trinajstić information content (AvgIpc) is 3.42. The highest BCUT2D eigenvalue weighted by Gasteiger charge is 2.44. The number of benzene rings is 1. The first-order valence-corrected chi connectivity index (χ1v) is 10.4. The van der Waals surface area contributed by atoms with Crippen molar-refractivity contribution in [3.05, 3.63) is 30.5 Å². The highest BCUT2D eigenvalue weighted by molar-refractivity contribution is 5.89. The molecule has 1 aliphatic rings. The first-order chi connectivity index (χ1) is 17.5. The molecule has 0 amide bonds. The summed E-state index contributed by atoms with van der Waals surface area (Å²) in [4.78, 5) is 5.03. The van der Waals surface area contributed by atoms with Crippen LogP contribution in [-0.4, -0.2) is 80.1 Å². The van der Waals surface area contributed by atoms with Gasteiger partial charge in [0, 0.05) is 22.4 Å². The molecule has 13 heteroatoms. The van der Waals surface area contributed by atoms with Crippen LogP contribution in [0, 0.1) is 0 Å². The van der Waals surface area contributed by atoms with E-state index in [0.29, 0.717) is 27.7 Å². The SMILES string of the molecule is [2H]C([2H])([2H])N1CCC(Nc2nc(OC)c3c(-c4ccc5nnn(CC(F)F)c5c4)ccn3n2)C(F)(F)C1. The molecule has 1 fully saturated rings. The predicted molar refractivity (Wildman–Crippen MR) is 117 cm³/mol. The summed E-state index contributed by atoms with van der Waals surface area (Å²) in [6, 6.07) is 5.39.